The van der Waals surface area contributed by atoms with E-state index in [9.17, 15) is 13.2 Å². The van der Waals surface area contributed by atoms with Crippen molar-refractivity contribution in [1.29, 1.82) is 0 Å². The van der Waals surface area contributed by atoms with Crippen LogP contribution in [0.25, 0.3) is 0 Å². The first-order valence-corrected chi connectivity index (χ1v) is 10.7. The monoisotopic (exact) mass is 343 g/mol. The third-order valence-electron chi connectivity index (χ3n) is 5.95. The Labute approximate surface area is 139 Å². The first-order chi connectivity index (χ1) is 10.9. The first-order valence-electron chi connectivity index (χ1n) is 8.91. The molecule has 0 spiro atoms. The Bertz CT molecular complexity index is 509. The molecule has 2 aliphatic carbocycles. The molecule has 7 heteroatoms. The van der Waals surface area contributed by atoms with Crippen molar-refractivity contribution >= 4 is 15.7 Å². The van der Waals surface area contributed by atoms with Gasteiger partial charge in [-0.3, -0.25) is 9.69 Å². The van der Waals surface area contributed by atoms with Crippen LogP contribution < -0.4 is 11.1 Å². The number of fused-ring (bicyclic) bond motifs is 2. The maximum absolute atomic E-state index is 12.4. The van der Waals surface area contributed by atoms with Gasteiger partial charge in [-0.15, -0.1) is 0 Å². The molecule has 6 nitrogen and oxygen atoms in total. The third-order valence-corrected chi connectivity index (χ3v) is 7.56. The van der Waals surface area contributed by atoms with Crippen LogP contribution in [0.5, 0.6) is 0 Å². The molecular formula is C16H29N3O3S. The van der Waals surface area contributed by atoms with E-state index in [1.165, 1.54) is 19.3 Å². The standard InChI is InChI=1S/C16H29N3O3S/c17-15-12-2-1-3-13(15)11-14(10-12)16(20)18-4-5-19-6-8-23(21,22)9-7-19/h12-15H,1-11,17H2,(H,18,20). The average molecular weight is 343 g/mol. The molecule has 2 unspecified atom stereocenters. The van der Waals surface area contributed by atoms with E-state index in [1.54, 1.807) is 0 Å². The molecule has 1 heterocycles. The number of nitrogens with two attached hydrogens (primary N) is 1. The van der Waals surface area contributed by atoms with E-state index in [2.05, 4.69) is 10.2 Å². The fourth-order valence-electron chi connectivity index (χ4n) is 4.46. The largest absolute Gasteiger partial charge is 0.355 e. The summed E-state index contributed by atoms with van der Waals surface area (Å²) in [5.74, 6) is 1.80. The van der Waals surface area contributed by atoms with Crippen LogP contribution in [0.1, 0.15) is 32.1 Å². The Balaban J connectivity index is 1.40. The van der Waals surface area contributed by atoms with Crippen molar-refractivity contribution in [2.45, 2.75) is 38.1 Å². The summed E-state index contributed by atoms with van der Waals surface area (Å²) in [6, 6.07) is 0.295. The topological polar surface area (TPSA) is 92.5 Å². The zero-order chi connectivity index (χ0) is 16.4. The Hall–Kier alpha value is -0.660. The van der Waals surface area contributed by atoms with E-state index < -0.39 is 9.84 Å². The van der Waals surface area contributed by atoms with Crippen LogP contribution in [-0.2, 0) is 14.6 Å². The molecule has 0 aromatic rings. The predicted octanol–water partition coefficient (Wildman–Crippen LogP) is -0.0134. The number of hydrogen-bond donors (Lipinski definition) is 2. The highest BCUT2D eigenvalue weighted by Crippen LogP contribution is 2.41. The number of rotatable bonds is 4. The Morgan fingerprint density at radius 1 is 1.13 bits per heavy atom. The second-order valence-electron chi connectivity index (χ2n) is 7.48. The summed E-state index contributed by atoms with van der Waals surface area (Å²) in [6.45, 7) is 2.51. The number of nitrogens with one attached hydrogen (secondary N) is 1. The molecule has 3 fully saturated rings. The highest BCUT2D eigenvalue weighted by molar-refractivity contribution is 7.91. The fraction of sp³-hybridized carbons (Fsp3) is 0.938. The molecule has 3 aliphatic rings. The van der Waals surface area contributed by atoms with Gasteiger partial charge in [-0.05, 0) is 37.5 Å². The molecule has 1 saturated heterocycles. The molecule has 3 rings (SSSR count). The van der Waals surface area contributed by atoms with E-state index in [1.807, 2.05) is 0 Å². The number of amides is 1. The molecule has 132 valence electrons. The quantitative estimate of drug-likeness (QED) is 0.749. The maximum atomic E-state index is 12.4. The molecule has 0 aromatic carbocycles. The molecule has 2 bridgehead atoms. The van der Waals surface area contributed by atoms with Crippen LogP contribution in [0.2, 0.25) is 0 Å². The van der Waals surface area contributed by atoms with Gasteiger partial charge in [0.2, 0.25) is 5.91 Å². The fourth-order valence-corrected chi connectivity index (χ4v) is 5.74. The van der Waals surface area contributed by atoms with Crippen molar-refractivity contribution in [3.63, 3.8) is 0 Å². The smallest absolute Gasteiger partial charge is 0.223 e. The van der Waals surface area contributed by atoms with E-state index in [-0.39, 0.29) is 23.3 Å². The van der Waals surface area contributed by atoms with Gasteiger partial charge in [-0.1, -0.05) is 6.42 Å². The van der Waals surface area contributed by atoms with Crippen molar-refractivity contribution in [3.05, 3.63) is 0 Å². The highest BCUT2D eigenvalue weighted by atomic mass is 32.2. The van der Waals surface area contributed by atoms with Gasteiger partial charge in [0.05, 0.1) is 11.5 Å². The van der Waals surface area contributed by atoms with Crippen LogP contribution in [0.15, 0.2) is 0 Å². The number of sulfone groups is 1. The molecule has 0 aromatic heterocycles. The lowest BCUT2D eigenvalue weighted by molar-refractivity contribution is -0.127. The Morgan fingerprint density at radius 3 is 2.35 bits per heavy atom. The van der Waals surface area contributed by atoms with Gasteiger partial charge in [0, 0.05) is 38.1 Å². The minimum atomic E-state index is -2.83. The van der Waals surface area contributed by atoms with Crippen molar-refractivity contribution in [2.24, 2.45) is 23.5 Å². The van der Waals surface area contributed by atoms with Crippen LogP contribution in [0.4, 0.5) is 0 Å². The van der Waals surface area contributed by atoms with Gasteiger partial charge >= 0.3 is 0 Å². The number of nitrogens with zero attached hydrogens (tertiary/aromatic N) is 1. The SMILES string of the molecule is NC1C2CCCC1CC(C(=O)NCCN1CCS(=O)(=O)CC1)C2. The minimum absolute atomic E-state index is 0.117. The summed E-state index contributed by atoms with van der Waals surface area (Å²) in [5, 5.41) is 3.05. The Morgan fingerprint density at radius 2 is 1.74 bits per heavy atom. The maximum Gasteiger partial charge on any atom is 0.223 e. The third kappa shape index (κ3) is 4.25. The number of carbonyl (C=O) groups is 1. The second-order valence-corrected chi connectivity index (χ2v) is 9.78. The van der Waals surface area contributed by atoms with Gasteiger partial charge in [0.25, 0.3) is 0 Å². The summed E-state index contributed by atoms with van der Waals surface area (Å²) < 4.78 is 22.8. The van der Waals surface area contributed by atoms with Crippen LogP contribution in [0.3, 0.4) is 0 Å². The highest BCUT2D eigenvalue weighted by Gasteiger charge is 2.40. The van der Waals surface area contributed by atoms with Gasteiger partial charge < -0.3 is 11.1 Å². The molecule has 0 radical (unpaired) electrons. The van der Waals surface area contributed by atoms with E-state index in [4.69, 9.17) is 5.73 Å². The van der Waals surface area contributed by atoms with Crippen molar-refractivity contribution in [2.75, 3.05) is 37.7 Å². The second kappa shape index (κ2) is 7.07. The van der Waals surface area contributed by atoms with E-state index in [0.717, 1.165) is 19.4 Å². The van der Waals surface area contributed by atoms with E-state index >= 15 is 0 Å². The van der Waals surface area contributed by atoms with Crippen LogP contribution >= 0.6 is 0 Å². The lowest BCUT2D eigenvalue weighted by Crippen LogP contribution is -2.50. The van der Waals surface area contributed by atoms with Gasteiger partial charge in [0.15, 0.2) is 9.84 Å². The summed E-state index contributed by atoms with van der Waals surface area (Å²) in [7, 11) is -2.83. The van der Waals surface area contributed by atoms with Crippen LogP contribution in [-0.4, -0.2) is 63.0 Å². The summed E-state index contributed by atoms with van der Waals surface area (Å²) in [6.07, 6.45) is 5.47. The van der Waals surface area contributed by atoms with Gasteiger partial charge in [-0.2, -0.15) is 0 Å². The first kappa shape index (κ1) is 17.2. The van der Waals surface area contributed by atoms with Gasteiger partial charge in [0.1, 0.15) is 0 Å². The molecular weight excluding hydrogens is 314 g/mol. The van der Waals surface area contributed by atoms with Crippen molar-refractivity contribution < 1.29 is 13.2 Å². The van der Waals surface area contributed by atoms with Crippen molar-refractivity contribution in [3.8, 4) is 0 Å². The zero-order valence-electron chi connectivity index (χ0n) is 13.7. The predicted molar refractivity (Wildman–Crippen MR) is 89.6 cm³/mol. The lowest BCUT2D eigenvalue weighted by atomic mass is 9.65. The normalized spacial score (nSPS) is 37.3. The lowest BCUT2D eigenvalue weighted by Gasteiger charge is -2.43. The molecule has 23 heavy (non-hydrogen) atoms. The van der Waals surface area contributed by atoms with Crippen molar-refractivity contribution in [1.82, 2.24) is 10.2 Å². The molecule has 1 aliphatic heterocycles. The summed E-state index contributed by atoms with van der Waals surface area (Å²) in [4.78, 5) is 14.5. The molecule has 2 atom stereocenters. The average Bonchev–Trinajstić information content (AvgIpc) is 2.48. The minimum Gasteiger partial charge on any atom is -0.355 e. The molecule has 3 N–H and O–H groups in total. The van der Waals surface area contributed by atoms with E-state index in [0.29, 0.717) is 37.5 Å². The summed E-state index contributed by atoms with van der Waals surface area (Å²) in [5.41, 5.74) is 6.28. The summed E-state index contributed by atoms with van der Waals surface area (Å²) >= 11 is 0. The molecule has 2 saturated carbocycles. The number of carbonyl (C=O) groups excluding carboxylic acids is 1. The zero-order valence-corrected chi connectivity index (χ0v) is 14.6. The van der Waals surface area contributed by atoms with Gasteiger partial charge in [-0.25, -0.2) is 8.42 Å². The Kier molecular flexibility index (Phi) is 5.28. The number of hydrogen-bond acceptors (Lipinski definition) is 5. The molecule has 1 amide bonds. The van der Waals surface area contributed by atoms with Crippen LogP contribution in [0, 0.1) is 17.8 Å².